The number of ether oxygens (including phenoxy) is 1. The van der Waals surface area contributed by atoms with E-state index < -0.39 is 28.9 Å². The zero-order chi connectivity index (χ0) is 29.3. The largest absolute Gasteiger partial charge is 0.504 e. The maximum Gasteiger partial charge on any atom is 0.416 e. The summed E-state index contributed by atoms with van der Waals surface area (Å²) in [6.45, 7) is 7.42. The van der Waals surface area contributed by atoms with Crippen molar-refractivity contribution in [1.29, 1.82) is 0 Å². The molecule has 6 nitrogen and oxygen atoms in total. The van der Waals surface area contributed by atoms with Gasteiger partial charge in [0.05, 0.1) is 22.6 Å². The summed E-state index contributed by atoms with van der Waals surface area (Å²) in [5.74, 6) is 0.224. The lowest BCUT2D eigenvalue weighted by Crippen LogP contribution is -2.80. The Bertz CT molecular complexity index is 1360. The number of aromatic hydroxyl groups is 1. The number of hydrogen-bond donors (Lipinski definition) is 2. The molecule has 2 fully saturated rings. The van der Waals surface area contributed by atoms with Crippen molar-refractivity contribution >= 4 is 5.91 Å². The van der Waals surface area contributed by atoms with Crippen molar-refractivity contribution in [2.75, 3.05) is 20.1 Å². The van der Waals surface area contributed by atoms with Crippen molar-refractivity contribution in [2.45, 2.75) is 80.8 Å². The van der Waals surface area contributed by atoms with E-state index in [9.17, 15) is 28.2 Å². The number of piperidine rings is 1. The SMILES string of the molecule is C=CCN1CC[C@]23c4c5ccc(O)c4OC2C(N(C)C(=O)CCc2ccc(C(F)(F)F)cc2)CC(CC)[C@@]3(O)[C@H]1C5. The standard InChI is InChI=1S/C32H37F3N2O4/c1-4-15-37-16-14-30-27-20-9-12-24(38)28(27)41-29(30)23(18-21(5-2)31(30,40)25(37)17-20)36(3)26(39)13-8-19-6-10-22(11-7-19)32(33,34)35/h4,6-7,9-12,21,23,25,29,38,40H,1,5,8,13-18H2,2-3H3/t21?,23?,25-,29?,30+,31-/m1/s1. The van der Waals surface area contributed by atoms with E-state index in [0.717, 1.165) is 36.2 Å². The fraction of sp³-hybridized carbons (Fsp3) is 0.531. The van der Waals surface area contributed by atoms with Crippen LogP contribution in [0.15, 0.2) is 49.1 Å². The first-order valence-electron chi connectivity index (χ1n) is 14.5. The van der Waals surface area contributed by atoms with E-state index in [0.29, 0.717) is 43.5 Å². The summed E-state index contributed by atoms with van der Waals surface area (Å²) in [5.41, 5.74) is 0.0215. The van der Waals surface area contributed by atoms with Gasteiger partial charge in [-0.05, 0) is 67.5 Å². The van der Waals surface area contributed by atoms with Crippen LogP contribution in [0.3, 0.4) is 0 Å². The normalized spacial score (nSPS) is 31.8. The number of phenolic OH excluding ortho intramolecular Hbond substituents is 1. The third-order valence-electron chi connectivity index (χ3n) is 10.4. The average molecular weight is 571 g/mol. The Kier molecular flexibility index (Phi) is 6.69. The average Bonchev–Trinajstić information content (AvgIpc) is 3.29. The van der Waals surface area contributed by atoms with Gasteiger partial charge in [-0.1, -0.05) is 37.6 Å². The molecule has 6 atom stereocenters. The summed E-state index contributed by atoms with van der Waals surface area (Å²) in [6, 6.07) is 8.04. The number of likely N-dealkylation sites (N-methyl/N-ethyl adjacent to an activating group) is 1. The molecule has 6 rings (SSSR count). The van der Waals surface area contributed by atoms with Crippen molar-refractivity contribution in [2.24, 2.45) is 5.92 Å². The van der Waals surface area contributed by atoms with Crippen molar-refractivity contribution in [3.63, 3.8) is 0 Å². The molecule has 9 heteroatoms. The first kappa shape index (κ1) is 28.1. The highest BCUT2D eigenvalue weighted by Crippen LogP contribution is 2.67. The number of amides is 1. The number of aliphatic hydroxyl groups is 1. The van der Waals surface area contributed by atoms with E-state index in [2.05, 4.69) is 18.4 Å². The van der Waals surface area contributed by atoms with Crippen LogP contribution in [0.1, 0.15) is 54.9 Å². The van der Waals surface area contributed by atoms with Gasteiger partial charge in [-0.3, -0.25) is 9.69 Å². The van der Waals surface area contributed by atoms with Gasteiger partial charge in [0, 0.05) is 31.6 Å². The first-order valence-corrected chi connectivity index (χ1v) is 14.5. The number of hydrogen-bond acceptors (Lipinski definition) is 5. The molecule has 1 spiro atoms. The second-order valence-electron chi connectivity index (χ2n) is 12.1. The minimum atomic E-state index is -4.40. The van der Waals surface area contributed by atoms with Crippen LogP contribution in [0.4, 0.5) is 13.2 Å². The van der Waals surface area contributed by atoms with Crippen molar-refractivity contribution in [1.82, 2.24) is 9.80 Å². The van der Waals surface area contributed by atoms with Gasteiger partial charge >= 0.3 is 6.18 Å². The van der Waals surface area contributed by atoms with E-state index >= 15 is 0 Å². The molecular weight excluding hydrogens is 533 g/mol. The third-order valence-corrected chi connectivity index (χ3v) is 10.4. The van der Waals surface area contributed by atoms with Crippen LogP contribution in [0.2, 0.25) is 0 Å². The number of nitrogens with zero attached hydrogens (tertiary/aromatic N) is 2. The molecule has 41 heavy (non-hydrogen) atoms. The molecule has 4 aliphatic rings. The van der Waals surface area contributed by atoms with Gasteiger partial charge in [0.15, 0.2) is 11.5 Å². The minimum absolute atomic E-state index is 0.0462. The van der Waals surface area contributed by atoms with Crippen LogP contribution in [0, 0.1) is 5.92 Å². The Morgan fingerprint density at radius 3 is 2.63 bits per heavy atom. The molecule has 2 aliphatic carbocycles. The highest BCUT2D eigenvalue weighted by Gasteiger charge is 2.75. The maximum atomic E-state index is 13.6. The molecule has 0 radical (unpaired) electrons. The van der Waals surface area contributed by atoms with Gasteiger partial charge in [-0.25, -0.2) is 0 Å². The summed E-state index contributed by atoms with van der Waals surface area (Å²) in [4.78, 5) is 17.6. The fourth-order valence-electron chi connectivity index (χ4n) is 8.54. The summed E-state index contributed by atoms with van der Waals surface area (Å²) in [7, 11) is 1.76. The molecule has 0 aromatic heterocycles. The number of likely N-dealkylation sites (tertiary alicyclic amines) is 1. The molecule has 2 heterocycles. The molecule has 2 bridgehead atoms. The smallest absolute Gasteiger partial charge is 0.416 e. The molecule has 2 aromatic carbocycles. The molecule has 2 N–H and O–H groups in total. The molecule has 2 aliphatic heterocycles. The third kappa shape index (κ3) is 3.95. The Hall–Kier alpha value is -3.04. The quantitative estimate of drug-likeness (QED) is 0.466. The van der Waals surface area contributed by atoms with Crippen LogP contribution in [-0.2, 0) is 29.2 Å². The molecule has 1 saturated heterocycles. The Morgan fingerprint density at radius 2 is 1.98 bits per heavy atom. The van der Waals surface area contributed by atoms with E-state index in [1.54, 1.807) is 18.0 Å². The molecule has 3 unspecified atom stereocenters. The van der Waals surface area contributed by atoms with Gasteiger partial charge in [0.1, 0.15) is 6.10 Å². The lowest BCUT2D eigenvalue weighted by molar-refractivity contribution is -0.227. The van der Waals surface area contributed by atoms with Gasteiger partial charge in [-0.15, -0.1) is 6.58 Å². The zero-order valence-corrected chi connectivity index (χ0v) is 23.5. The number of alkyl halides is 3. The van der Waals surface area contributed by atoms with Gasteiger partial charge < -0.3 is 19.8 Å². The minimum Gasteiger partial charge on any atom is -0.504 e. The van der Waals surface area contributed by atoms with Crippen molar-refractivity contribution in [3.8, 4) is 11.5 Å². The van der Waals surface area contributed by atoms with E-state index in [4.69, 9.17) is 4.74 Å². The summed E-state index contributed by atoms with van der Waals surface area (Å²) < 4.78 is 45.5. The molecule has 1 amide bonds. The highest BCUT2D eigenvalue weighted by atomic mass is 19.4. The van der Waals surface area contributed by atoms with E-state index in [-0.39, 0.29) is 36.1 Å². The highest BCUT2D eigenvalue weighted by molar-refractivity contribution is 5.77. The summed E-state index contributed by atoms with van der Waals surface area (Å²) >= 11 is 0. The van der Waals surface area contributed by atoms with Crippen molar-refractivity contribution in [3.05, 3.63) is 71.3 Å². The van der Waals surface area contributed by atoms with Crippen LogP contribution in [0.5, 0.6) is 11.5 Å². The number of carbonyl (C=O) groups is 1. The van der Waals surface area contributed by atoms with Crippen LogP contribution in [-0.4, -0.2) is 69.8 Å². The van der Waals surface area contributed by atoms with Crippen LogP contribution < -0.4 is 4.74 Å². The lowest BCUT2D eigenvalue weighted by Gasteiger charge is -2.67. The molecule has 220 valence electrons. The van der Waals surface area contributed by atoms with Crippen molar-refractivity contribution < 1.29 is 32.9 Å². The number of halogens is 3. The second-order valence-corrected chi connectivity index (χ2v) is 12.1. The maximum absolute atomic E-state index is 13.6. The number of carbonyl (C=O) groups excluding carboxylic acids is 1. The monoisotopic (exact) mass is 570 g/mol. The fourth-order valence-corrected chi connectivity index (χ4v) is 8.54. The first-order chi connectivity index (χ1) is 19.5. The predicted octanol–water partition coefficient (Wildman–Crippen LogP) is 4.85. The van der Waals surface area contributed by atoms with Crippen LogP contribution in [0.25, 0.3) is 0 Å². The number of phenols is 1. The molecule has 1 saturated carbocycles. The van der Waals surface area contributed by atoms with Crippen LogP contribution >= 0.6 is 0 Å². The lowest BCUT2D eigenvalue weighted by atomic mass is 9.45. The predicted molar refractivity (Wildman–Crippen MR) is 148 cm³/mol. The molecular formula is C32H37F3N2O4. The van der Waals surface area contributed by atoms with Gasteiger partial charge in [-0.2, -0.15) is 13.2 Å². The number of rotatable bonds is 7. The summed E-state index contributed by atoms with van der Waals surface area (Å²) in [5, 5.41) is 23.8. The topological polar surface area (TPSA) is 73.2 Å². The van der Waals surface area contributed by atoms with E-state index in [1.165, 1.54) is 12.1 Å². The Morgan fingerprint density at radius 1 is 1.24 bits per heavy atom. The number of aryl methyl sites for hydroxylation is 1. The summed E-state index contributed by atoms with van der Waals surface area (Å²) in [6.07, 6.45) is -0.0747. The second kappa shape index (κ2) is 9.76. The Balaban J connectivity index is 1.32. The van der Waals surface area contributed by atoms with Gasteiger partial charge in [0.2, 0.25) is 5.91 Å². The number of benzene rings is 2. The zero-order valence-electron chi connectivity index (χ0n) is 23.5. The van der Waals surface area contributed by atoms with E-state index in [1.807, 2.05) is 12.1 Å². The van der Waals surface area contributed by atoms with Gasteiger partial charge in [0.25, 0.3) is 0 Å². The molecule has 2 aromatic rings. The Labute approximate surface area is 238 Å².